The summed E-state index contributed by atoms with van der Waals surface area (Å²) in [5.41, 5.74) is -1.09. The highest BCUT2D eigenvalue weighted by Gasteiger charge is 2.33. The van der Waals surface area contributed by atoms with Crippen molar-refractivity contribution in [3.8, 4) is 5.75 Å². The van der Waals surface area contributed by atoms with E-state index in [1.54, 1.807) is 6.92 Å². The van der Waals surface area contributed by atoms with Gasteiger partial charge < -0.3 is 14.5 Å². The Hall–Kier alpha value is -1.70. The Morgan fingerprint density at radius 2 is 2.05 bits per heavy atom. The third kappa shape index (κ3) is 4.44. The molecule has 0 aliphatic heterocycles. The first-order valence-corrected chi connectivity index (χ1v) is 6.02. The molecule has 0 fully saturated rings. The summed E-state index contributed by atoms with van der Waals surface area (Å²) in [6, 6.07) is 0. The lowest BCUT2D eigenvalue weighted by Gasteiger charge is -2.14. The molecule has 0 aromatic carbocycles. The monoisotopic (exact) mass is 313 g/mol. The summed E-state index contributed by atoms with van der Waals surface area (Å²) in [5, 5.41) is 0. The van der Waals surface area contributed by atoms with Crippen molar-refractivity contribution in [3.05, 3.63) is 27.7 Å². The van der Waals surface area contributed by atoms with Crippen LogP contribution >= 0.6 is 11.6 Å². The van der Waals surface area contributed by atoms with Gasteiger partial charge in [0.15, 0.2) is 0 Å². The summed E-state index contributed by atoms with van der Waals surface area (Å²) in [5.74, 6) is -1.82. The largest absolute Gasteiger partial charge is 0.573 e. The molecule has 1 N–H and O–H groups in total. The molecule has 1 aromatic heterocycles. The first-order chi connectivity index (χ1) is 9.28. The molecule has 0 aliphatic rings. The molecule has 0 aliphatic carbocycles. The molecule has 0 saturated carbocycles. The fourth-order valence-corrected chi connectivity index (χ4v) is 1.78. The van der Waals surface area contributed by atoms with Crippen molar-refractivity contribution in [2.24, 2.45) is 0 Å². The van der Waals surface area contributed by atoms with E-state index in [-0.39, 0.29) is 23.6 Å². The van der Waals surface area contributed by atoms with Crippen LogP contribution in [-0.2, 0) is 21.8 Å². The lowest BCUT2D eigenvalue weighted by atomic mass is 10.1. The van der Waals surface area contributed by atoms with E-state index in [4.69, 9.17) is 11.6 Å². The Morgan fingerprint density at radius 1 is 1.40 bits per heavy atom. The number of hydrogen-bond acceptors (Lipinski definition) is 4. The van der Waals surface area contributed by atoms with Gasteiger partial charge in [0.05, 0.1) is 18.9 Å². The Morgan fingerprint density at radius 3 is 2.55 bits per heavy atom. The molecule has 0 amide bonds. The summed E-state index contributed by atoms with van der Waals surface area (Å²) in [7, 11) is 0. The average Bonchev–Trinajstić information content (AvgIpc) is 2.32. The number of hydrogen-bond donors (Lipinski definition) is 1. The van der Waals surface area contributed by atoms with Crippen LogP contribution in [0.5, 0.6) is 5.75 Å². The van der Waals surface area contributed by atoms with E-state index in [1.807, 2.05) is 0 Å². The fraction of sp³-hybridized carbons (Fsp3) is 0.455. The van der Waals surface area contributed by atoms with Crippen LogP contribution in [0, 0.1) is 0 Å². The van der Waals surface area contributed by atoms with Crippen molar-refractivity contribution in [1.82, 2.24) is 4.98 Å². The highest BCUT2D eigenvalue weighted by atomic mass is 35.5. The Kier molecular flexibility index (Phi) is 5.43. The van der Waals surface area contributed by atoms with Gasteiger partial charge in [-0.15, -0.1) is 24.8 Å². The van der Waals surface area contributed by atoms with Gasteiger partial charge in [0, 0.05) is 17.3 Å². The van der Waals surface area contributed by atoms with E-state index in [0.717, 1.165) is 6.20 Å². The van der Waals surface area contributed by atoms with Crippen LogP contribution in [0.3, 0.4) is 0 Å². The Labute approximate surface area is 116 Å². The second-order valence-corrected chi connectivity index (χ2v) is 3.87. The number of alkyl halides is 4. The highest BCUT2D eigenvalue weighted by Crippen LogP contribution is 2.27. The Bertz CT molecular complexity index is 541. The summed E-state index contributed by atoms with van der Waals surface area (Å²) < 4.78 is 45.3. The summed E-state index contributed by atoms with van der Waals surface area (Å²) >= 11 is 5.53. The van der Waals surface area contributed by atoms with Crippen LogP contribution in [0.25, 0.3) is 0 Å². The zero-order valence-corrected chi connectivity index (χ0v) is 11.1. The number of carbonyl (C=O) groups excluding carboxylic acids is 1. The summed E-state index contributed by atoms with van der Waals surface area (Å²) in [6.45, 7) is 1.61. The number of halogens is 4. The van der Waals surface area contributed by atoms with E-state index in [1.165, 1.54) is 0 Å². The van der Waals surface area contributed by atoms with Gasteiger partial charge in [0.1, 0.15) is 5.75 Å². The lowest BCUT2D eigenvalue weighted by Crippen LogP contribution is -2.23. The van der Waals surface area contributed by atoms with Gasteiger partial charge in [-0.3, -0.25) is 9.59 Å². The first kappa shape index (κ1) is 16.4. The molecular weight excluding hydrogens is 303 g/mol. The molecule has 0 saturated heterocycles. The van der Waals surface area contributed by atoms with Crippen LogP contribution in [0.4, 0.5) is 13.2 Å². The summed E-state index contributed by atoms with van der Waals surface area (Å²) in [4.78, 5) is 25.0. The van der Waals surface area contributed by atoms with Gasteiger partial charge in [-0.1, -0.05) is 0 Å². The highest BCUT2D eigenvalue weighted by molar-refractivity contribution is 6.17. The molecule has 9 heteroatoms. The van der Waals surface area contributed by atoms with E-state index in [0.29, 0.717) is 0 Å². The number of rotatable bonds is 5. The zero-order valence-electron chi connectivity index (χ0n) is 10.3. The SMILES string of the molecule is CCOC(=O)Cc1c(OC(F)(F)F)c[nH]c(=O)c1CCl. The smallest absolute Gasteiger partial charge is 0.466 e. The number of H-pyrrole nitrogens is 1. The van der Waals surface area contributed by atoms with Gasteiger partial charge in [-0.05, 0) is 6.92 Å². The molecule has 0 radical (unpaired) electrons. The van der Waals surface area contributed by atoms with E-state index in [9.17, 15) is 22.8 Å². The minimum absolute atomic E-state index is 0.0632. The van der Waals surface area contributed by atoms with Gasteiger partial charge in [-0.25, -0.2) is 0 Å². The molecular formula is C11H11ClF3NO4. The molecule has 112 valence electrons. The molecule has 0 spiro atoms. The maximum absolute atomic E-state index is 12.3. The zero-order chi connectivity index (χ0) is 15.3. The second kappa shape index (κ2) is 6.65. The van der Waals surface area contributed by atoms with Crippen molar-refractivity contribution in [1.29, 1.82) is 0 Å². The second-order valence-electron chi connectivity index (χ2n) is 3.60. The Balaban J connectivity index is 3.23. The minimum atomic E-state index is -4.95. The predicted octanol–water partition coefficient (Wildman–Crippen LogP) is 2.12. The fourth-order valence-electron chi connectivity index (χ4n) is 1.50. The molecule has 1 heterocycles. The maximum atomic E-state index is 12.3. The lowest BCUT2D eigenvalue weighted by molar-refractivity contribution is -0.275. The predicted molar refractivity (Wildman–Crippen MR) is 63.6 cm³/mol. The third-order valence-corrected chi connectivity index (χ3v) is 2.52. The van der Waals surface area contributed by atoms with Gasteiger partial charge in [-0.2, -0.15) is 0 Å². The number of ether oxygens (including phenoxy) is 2. The molecule has 20 heavy (non-hydrogen) atoms. The number of aromatic nitrogens is 1. The summed E-state index contributed by atoms with van der Waals surface area (Å²) in [6.07, 6.45) is -4.75. The van der Waals surface area contributed by atoms with E-state index >= 15 is 0 Å². The van der Waals surface area contributed by atoms with Crippen LogP contribution < -0.4 is 10.3 Å². The normalized spacial score (nSPS) is 11.2. The molecule has 1 rings (SSSR count). The van der Waals surface area contributed by atoms with Gasteiger partial charge in [0.2, 0.25) is 0 Å². The van der Waals surface area contributed by atoms with Crippen LogP contribution in [0.15, 0.2) is 11.0 Å². The van der Waals surface area contributed by atoms with Crippen LogP contribution in [0.2, 0.25) is 0 Å². The average molecular weight is 314 g/mol. The molecule has 1 aromatic rings. The van der Waals surface area contributed by atoms with Crippen molar-refractivity contribution >= 4 is 17.6 Å². The third-order valence-electron chi connectivity index (χ3n) is 2.26. The molecule has 0 unspecified atom stereocenters. The van der Waals surface area contributed by atoms with Crippen molar-refractivity contribution in [3.63, 3.8) is 0 Å². The van der Waals surface area contributed by atoms with Crippen molar-refractivity contribution in [2.45, 2.75) is 25.6 Å². The van der Waals surface area contributed by atoms with Crippen molar-refractivity contribution < 1.29 is 27.4 Å². The standard InChI is InChI=1S/C11H11ClF3NO4/c1-2-19-9(17)3-6-7(4-12)10(18)16-5-8(6)20-11(13,14)15/h5H,2-4H2,1H3,(H,16,18). The van der Waals surface area contributed by atoms with Gasteiger partial charge in [0.25, 0.3) is 5.56 Å². The number of esters is 1. The molecule has 0 atom stereocenters. The quantitative estimate of drug-likeness (QED) is 0.668. The maximum Gasteiger partial charge on any atom is 0.573 e. The number of aromatic amines is 1. The minimum Gasteiger partial charge on any atom is -0.466 e. The topological polar surface area (TPSA) is 68.4 Å². The first-order valence-electron chi connectivity index (χ1n) is 5.49. The van der Waals surface area contributed by atoms with Crippen molar-refractivity contribution in [2.75, 3.05) is 6.61 Å². The van der Waals surface area contributed by atoms with E-state index < -0.39 is 30.1 Å². The van der Waals surface area contributed by atoms with Crippen LogP contribution in [0.1, 0.15) is 18.1 Å². The van der Waals surface area contributed by atoms with E-state index in [2.05, 4.69) is 14.5 Å². The number of carbonyl (C=O) groups is 1. The number of nitrogens with one attached hydrogen (secondary N) is 1. The number of pyridine rings is 1. The molecule has 5 nitrogen and oxygen atoms in total. The van der Waals surface area contributed by atoms with Gasteiger partial charge >= 0.3 is 12.3 Å². The molecule has 0 bridgehead atoms. The van der Waals surface area contributed by atoms with Crippen LogP contribution in [-0.4, -0.2) is 23.9 Å².